The molecule has 0 saturated carbocycles. The van der Waals surface area contributed by atoms with E-state index in [-0.39, 0.29) is 11.3 Å². The number of carbonyl (C=O) groups excluding carboxylic acids is 1. The quantitative estimate of drug-likeness (QED) is 0.608. The van der Waals surface area contributed by atoms with Crippen molar-refractivity contribution in [1.82, 2.24) is 5.32 Å². The lowest BCUT2D eigenvalue weighted by molar-refractivity contribution is -0.129. The van der Waals surface area contributed by atoms with Crippen LogP contribution >= 0.6 is 0 Å². The van der Waals surface area contributed by atoms with Crippen LogP contribution in [0.4, 0.5) is 0 Å². The van der Waals surface area contributed by atoms with Gasteiger partial charge >= 0.3 is 0 Å². The lowest BCUT2D eigenvalue weighted by Crippen LogP contribution is -2.36. The number of hydrogen-bond acceptors (Lipinski definition) is 2. The molecule has 0 aromatic carbocycles. The molecule has 15 heavy (non-hydrogen) atoms. The molecule has 0 aliphatic carbocycles. The summed E-state index contributed by atoms with van der Waals surface area (Å²) in [5.74, 6) is 0.170. The highest BCUT2D eigenvalue weighted by atomic mass is 16.2. The first kappa shape index (κ1) is 14.4. The summed E-state index contributed by atoms with van der Waals surface area (Å²) < 4.78 is 0. The van der Waals surface area contributed by atoms with Crippen LogP contribution in [-0.4, -0.2) is 19.0 Å². The van der Waals surface area contributed by atoms with E-state index in [4.69, 9.17) is 5.73 Å². The minimum absolute atomic E-state index is 0.170. The van der Waals surface area contributed by atoms with Gasteiger partial charge in [0.05, 0.1) is 0 Å². The number of hydrogen-bond donors (Lipinski definition) is 2. The molecule has 0 aromatic rings. The van der Waals surface area contributed by atoms with Crippen LogP contribution in [0.1, 0.15) is 52.9 Å². The fraction of sp³-hybridized carbons (Fsp3) is 0.917. The molecule has 0 saturated heterocycles. The number of nitrogens with one attached hydrogen (secondary N) is 1. The predicted octanol–water partition coefficient (Wildman–Crippen LogP) is 2.06. The fourth-order valence-electron chi connectivity index (χ4n) is 1.22. The molecule has 3 heteroatoms. The third-order valence-electron chi connectivity index (χ3n) is 2.92. The molecule has 0 atom stereocenters. The first-order valence-electron chi connectivity index (χ1n) is 6.03. The largest absolute Gasteiger partial charge is 0.356 e. The van der Waals surface area contributed by atoms with Gasteiger partial charge in [0.1, 0.15) is 0 Å². The topological polar surface area (TPSA) is 55.1 Å². The van der Waals surface area contributed by atoms with E-state index in [0.29, 0.717) is 0 Å². The van der Waals surface area contributed by atoms with Crippen molar-refractivity contribution >= 4 is 5.91 Å². The second kappa shape index (κ2) is 7.69. The van der Waals surface area contributed by atoms with Gasteiger partial charge in [-0.1, -0.05) is 33.6 Å². The number of unbranched alkanes of at least 4 members (excludes halogenated alkanes) is 3. The predicted molar refractivity (Wildman–Crippen MR) is 64.6 cm³/mol. The van der Waals surface area contributed by atoms with Gasteiger partial charge in [0.15, 0.2) is 0 Å². The maximum atomic E-state index is 11.7. The lowest BCUT2D eigenvalue weighted by atomic mass is 9.89. The van der Waals surface area contributed by atoms with Crippen LogP contribution in [0.15, 0.2) is 0 Å². The molecule has 0 spiro atoms. The van der Waals surface area contributed by atoms with Gasteiger partial charge in [-0.3, -0.25) is 4.79 Å². The Labute approximate surface area is 93.8 Å². The molecule has 0 unspecified atom stereocenters. The number of rotatable bonds is 8. The Morgan fingerprint density at radius 1 is 1.20 bits per heavy atom. The number of nitrogens with two attached hydrogens (primary N) is 1. The molecule has 0 radical (unpaired) electrons. The van der Waals surface area contributed by atoms with Crippen molar-refractivity contribution in [3.63, 3.8) is 0 Å². The molecular formula is C12H26N2O. The van der Waals surface area contributed by atoms with Crippen LogP contribution < -0.4 is 11.1 Å². The van der Waals surface area contributed by atoms with E-state index in [1.807, 2.05) is 20.8 Å². The summed E-state index contributed by atoms with van der Waals surface area (Å²) in [4.78, 5) is 11.7. The molecule has 0 bridgehead atoms. The summed E-state index contributed by atoms with van der Waals surface area (Å²) in [5, 5.41) is 2.98. The molecule has 3 N–H and O–H groups in total. The Morgan fingerprint density at radius 2 is 1.80 bits per heavy atom. The second-order valence-electron chi connectivity index (χ2n) is 4.70. The summed E-state index contributed by atoms with van der Waals surface area (Å²) in [7, 11) is 0. The van der Waals surface area contributed by atoms with E-state index in [2.05, 4.69) is 5.32 Å². The van der Waals surface area contributed by atoms with Crippen molar-refractivity contribution in [3.8, 4) is 0 Å². The zero-order valence-electron chi connectivity index (χ0n) is 10.4. The van der Waals surface area contributed by atoms with Crippen LogP contribution in [0.2, 0.25) is 0 Å². The summed E-state index contributed by atoms with van der Waals surface area (Å²) in [6.07, 6.45) is 5.36. The van der Waals surface area contributed by atoms with Crippen molar-refractivity contribution < 1.29 is 4.79 Å². The molecule has 0 heterocycles. The Kier molecular flexibility index (Phi) is 7.39. The van der Waals surface area contributed by atoms with Crippen LogP contribution in [0.25, 0.3) is 0 Å². The molecule has 0 aliphatic heterocycles. The van der Waals surface area contributed by atoms with E-state index in [0.717, 1.165) is 38.8 Å². The third-order valence-corrected chi connectivity index (χ3v) is 2.92. The lowest BCUT2D eigenvalue weighted by Gasteiger charge is -2.21. The fourth-order valence-corrected chi connectivity index (χ4v) is 1.22. The Morgan fingerprint density at radius 3 is 2.33 bits per heavy atom. The summed E-state index contributed by atoms with van der Waals surface area (Å²) in [6.45, 7) is 7.58. The molecule has 0 aromatic heterocycles. The molecule has 1 amide bonds. The minimum Gasteiger partial charge on any atom is -0.356 e. The summed E-state index contributed by atoms with van der Waals surface area (Å²) in [5.41, 5.74) is 5.17. The van der Waals surface area contributed by atoms with E-state index in [1.54, 1.807) is 0 Å². The Hall–Kier alpha value is -0.570. The minimum atomic E-state index is -0.225. The molecular weight excluding hydrogens is 188 g/mol. The van der Waals surface area contributed by atoms with Crippen LogP contribution in [0.3, 0.4) is 0 Å². The molecule has 0 fully saturated rings. The van der Waals surface area contributed by atoms with Gasteiger partial charge in [-0.2, -0.15) is 0 Å². The van der Waals surface area contributed by atoms with Gasteiger partial charge in [0, 0.05) is 12.0 Å². The van der Waals surface area contributed by atoms with Crippen molar-refractivity contribution in [2.75, 3.05) is 13.1 Å². The van der Waals surface area contributed by atoms with Gasteiger partial charge < -0.3 is 11.1 Å². The maximum Gasteiger partial charge on any atom is 0.225 e. The zero-order valence-corrected chi connectivity index (χ0v) is 10.4. The highest BCUT2D eigenvalue weighted by Gasteiger charge is 2.24. The smallest absolute Gasteiger partial charge is 0.225 e. The Balaban J connectivity index is 3.47. The van der Waals surface area contributed by atoms with Crippen molar-refractivity contribution in [3.05, 3.63) is 0 Å². The molecule has 3 nitrogen and oxygen atoms in total. The van der Waals surface area contributed by atoms with Gasteiger partial charge in [-0.15, -0.1) is 0 Å². The van der Waals surface area contributed by atoms with Crippen LogP contribution in [0.5, 0.6) is 0 Å². The normalized spacial score (nSPS) is 11.5. The third kappa shape index (κ3) is 6.50. The van der Waals surface area contributed by atoms with Crippen molar-refractivity contribution in [1.29, 1.82) is 0 Å². The van der Waals surface area contributed by atoms with Crippen LogP contribution in [0, 0.1) is 5.41 Å². The summed E-state index contributed by atoms with van der Waals surface area (Å²) in [6, 6.07) is 0. The zero-order chi connectivity index (χ0) is 11.7. The first-order chi connectivity index (χ1) is 7.04. The Bertz CT molecular complexity index is 178. The van der Waals surface area contributed by atoms with E-state index in [9.17, 15) is 4.79 Å². The molecule has 0 rings (SSSR count). The first-order valence-corrected chi connectivity index (χ1v) is 6.03. The standard InChI is InChI=1S/C12H26N2O/c1-4-12(2,3)11(15)14-10-8-6-5-7-9-13/h4-10,13H2,1-3H3,(H,14,15). The van der Waals surface area contributed by atoms with Gasteiger partial charge in [-0.25, -0.2) is 0 Å². The van der Waals surface area contributed by atoms with Crippen molar-refractivity contribution in [2.45, 2.75) is 52.9 Å². The van der Waals surface area contributed by atoms with E-state index >= 15 is 0 Å². The molecule has 90 valence electrons. The maximum absolute atomic E-state index is 11.7. The average molecular weight is 214 g/mol. The second-order valence-corrected chi connectivity index (χ2v) is 4.70. The van der Waals surface area contributed by atoms with E-state index in [1.165, 1.54) is 6.42 Å². The number of amides is 1. The highest BCUT2D eigenvalue weighted by Crippen LogP contribution is 2.19. The van der Waals surface area contributed by atoms with E-state index < -0.39 is 0 Å². The number of carbonyl (C=O) groups is 1. The highest BCUT2D eigenvalue weighted by molar-refractivity contribution is 5.81. The average Bonchev–Trinajstić information content (AvgIpc) is 2.22. The molecule has 0 aliphatic rings. The van der Waals surface area contributed by atoms with Gasteiger partial charge in [-0.05, 0) is 25.8 Å². The SMILES string of the molecule is CCC(C)(C)C(=O)NCCCCCCN. The monoisotopic (exact) mass is 214 g/mol. The summed E-state index contributed by atoms with van der Waals surface area (Å²) >= 11 is 0. The van der Waals surface area contributed by atoms with Gasteiger partial charge in [0.25, 0.3) is 0 Å². The van der Waals surface area contributed by atoms with Gasteiger partial charge in [0.2, 0.25) is 5.91 Å². The van der Waals surface area contributed by atoms with Crippen LogP contribution in [-0.2, 0) is 4.79 Å². The van der Waals surface area contributed by atoms with Crippen molar-refractivity contribution in [2.24, 2.45) is 11.1 Å².